The molecule has 0 saturated carbocycles. The summed E-state index contributed by atoms with van der Waals surface area (Å²) in [6, 6.07) is 19.4. The van der Waals surface area contributed by atoms with Crippen molar-refractivity contribution in [2.24, 2.45) is 0 Å². The summed E-state index contributed by atoms with van der Waals surface area (Å²) in [5.41, 5.74) is 2.92. The van der Waals surface area contributed by atoms with Crippen LogP contribution in [0, 0.1) is 5.82 Å². The van der Waals surface area contributed by atoms with Crippen LogP contribution in [0.4, 0.5) is 10.3 Å². The Morgan fingerprint density at radius 1 is 1.00 bits per heavy atom. The Hall–Kier alpha value is -2.76. The Labute approximate surface area is 184 Å². The van der Waals surface area contributed by atoms with Gasteiger partial charge in [-0.25, -0.2) is 9.37 Å². The van der Waals surface area contributed by atoms with E-state index in [0.29, 0.717) is 28.2 Å². The number of aromatic amines is 1. The van der Waals surface area contributed by atoms with Gasteiger partial charge < -0.3 is 15.0 Å². The van der Waals surface area contributed by atoms with Crippen molar-refractivity contribution in [2.45, 2.75) is 25.5 Å². The third-order valence-corrected chi connectivity index (χ3v) is 5.43. The second-order valence-corrected chi connectivity index (χ2v) is 7.76. The second kappa shape index (κ2) is 9.37. The van der Waals surface area contributed by atoms with Gasteiger partial charge in [-0.3, -0.25) is 0 Å². The third kappa shape index (κ3) is 5.23. The number of H-pyrrole nitrogens is 1. The highest BCUT2D eigenvalue weighted by atomic mass is 35.5. The van der Waals surface area contributed by atoms with Crippen LogP contribution in [0.1, 0.15) is 18.4 Å². The number of rotatable bonds is 8. The molecular weight excluding hydrogens is 424 g/mol. The highest BCUT2D eigenvalue weighted by Gasteiger charge is 2.14. The molecule has 0 aliphatic rings. The summed E-state index contributed by atoms with van der Waals surface area (Å²) in [7, 11) is 0. The average Bonchev–Trinajstić information content (AvgIpc) is 3.14. The molecule has 154 valence electrons. The maximum Gasteiger partial charge on any atom is 0.204 e. The molecule has 0 aliphatic heterocycles. The topological polar surface area (TPSA) is 49.9 Å². The summed E-state index contributed by atoms with van der Waals surface area (Å²) in [5, 5.41) is 4.40. The first-order valence-electron chi connectivity index (χ1n) is 9.64. The minimum atomic E-state index is -0.348. The van der Waals surface area contributed by atoms with Crippen LogP contribution in [-0.4, -0.2) is 16.2 Å². The van der Waals surface area contributed by atoms with Gasteiger partial charge in [-0.05, 0) is 66.9 Å². The number of nitrogens with zero attached hydrogens (tertiary/aromatic N) is 1. The summed E-state index contributed by atoms with van der Waals surface area (Å²) in [6.07, 6.45) is 2.02. The van der Waals surface area contributed by atoms with E-state index >= 15 is 0 Å². The zero-order chi connectivity index (χ0) is 20.9. The fourth-order valence-corrected chi connectivity index (χ4v) is 3.52. The quantitative estimate of drug-likeness (QED) is 0.292. The van der Waals surface area contributed by atoms with Crippen molar-refractivity contribution in [1.29, 1.82) is 0 Å². The van der Waals surface area contributed by atoms with E-state index in [9.17, 15) is 4.39 Å². The van der Waals surface area contributed by atoms with Crippen molar-refractivity contribution < 1.29 is 9.13 Å². The summed E-state index contributed by atoms with van der Waals surface area (Å²) < 4.78 is 19.3. The largest absolute Gasteiger partial charge is 0.471 e. The molecule has 1 heterocycles. The zero-order valence-electron chi connectivity index (χ0n) is 16.0. The normalized spacial score (nSPS) is 12.1. The van der Waals surface area contributed by atoms with E-state index in [1.54, 1.807) is 18.2 Å². The molecule has 30 heavy (non-hydrogen) atoms. The first-order chi connectivity index (χ1) is 14.6. The number of imidazole rings is 1. The molecule has 3 aromatic carbocycles. The van der Waals surface area contributed by atoms with Gasteiger partial charge in [0.05, 0.1) is 21.1 Å². The van der Waals surface area contributed by atoms with Crippen molar-refractivity contribution in [1.82, 2.24) is 9.97 Å². The molecule has 1 unspecified atom stereocenters. The van der Waals surface area contributed by atoms with Crippen LogP contribution in [0.25, 0.3) is 11.0 Å². The van der Waals surface area contributed by atoms with Gasteiger partial charge in [-0.1, -0.05) is 41.4 Å². The van der Waals surface area contributed by atoms with Gasteiger partial charge in [0.1, 0.15) is 11.6 Å². The van der Waals surface area contributed by atoms with E-state index in [-0.39, 0.29) is 12.0 Å². The van der Waals surface area contributed by atoms with Gasteiger partial charge in [0.15, 0.2) is 6.23 Å². The fraction of sp³-hybridized carbons (Fsp3) is 0.174. The van der Waals surface area contributed by atoms with Crippen molar-refractivity contribution in [3.05, 3.63) is 88.2 Å². The van der Waals surface area contributed by atoms with Gasteiger partial charge >= 0.3 is 0 Å². The van der Waals surface area contributed by atoms with E-state index in [2.05, 4.69) is 15.3 Å². The lowest BCUT2D eigenvalue weighted by molar-refractivity contribution is 0.215. The minimum absolute atomic E-state index is 0.302. The highest BCUT2D eigenvalue weighted by Crippen LogP contribution is 2.24. The number of aryl methyl sites for hydroxylation is 1. The lowest BCUT2D eigenvalue weighted by Gasteiger charge is -2.20. The maximum atomic E-state index is 13.2. The fourth-order valence-electron chi connectivity index (χ4n) is 3.20. The number of ether oxygens (including phenoxy) is 1. The molecule has 1 atom stereocenters. The van der Waals surface area contributed by atoms with Crippen LogP contribution in [-0.2, 0) is 6.42 Å². The molecule has 0 fully saturated rings. The van der Waals surface area contributed by atoms with Gasteiger partial charge in [0, 0.05) is 6.42 Å². The predicted octanol–water partition coefficient (Wildman–Crippen LogP) is 6.85. The van der Waals surface area contributed by atoms with Gasteiger partial charge in [0.2, 0.25) is 5.95 Å². The molecule has 7 heteroatoms. The third-order valence-electron chi connectivity index (χ3n) is 4.69. The first-order valence-corrected chi connectivity index (χ1v) is 10.4. The van der Waals surface area contributed by atoms with Gasteiger partial charge in [-0.2, -0.15) is 0 Å². The van der Waals surface area contributed by atoms with Crippen LogP contribution < -0.4 is 10.1 Å². The van der Waals surface area contributed by atoms with Crippen molar-refractivity contribution >= 4 is 40.2 Å². The molecule has 4 aromatic rings. The van der Waals surface area contributed by atoms with Gasteiger partial charge in [-0.15, -0.1) is 0 Å². The van der Waals surface area contributed by atoms with Crippen molar-refractivity contribution in [3.63, 3.8) is 0 Å². The van der Waals surface area contributed by atoms with E-state index in [1.807, 2.05) is 36.4 Å². The molecule has 2 N–H and O–H groups in total. The lowest BCUT2D eigenvalue weighted by Crippen LogP contribution is -2.27. The van der Waals surface area contributed by atoms with Gasteiger partial charge in [0.25, 0.3) is 0 Å². The Bertz CT molecular complexity index is 1100. The molecule has 1 aromatic heterocycles. The number of fused-ring (bicyclic) bond motifs is 1. The maximum absolute atomic E-state index is 13.2. The summed E-state index contributed by atoms with van der Waals surface area (Å²) >= 11 is 12.1. The van der Waals surface area contributed by atoms with Crippen LogP contribution in [0.15, 0.2) is 66.7 Å². The molecular formula is C23H20Cl2FN3O. The van der Waals surface area contributed by atoms with Crippen molar-refractivity contribution in [3.8, 4) is 5.75 Å². The van der Waals surface area contributed by atoms with E-state index in [0.717, 1.165) is 29.4 Å². The highest BCUT2D eigenvalue weighted by molar-refractivity contribution is 6.42. The van der Waals surface area contributed by atoms with E-state index in [1.165, 1.54) is 12.1 Å². The Morgan fingerprint density at radius 2 is 1.80 bits per heavy atom. The first kappa shape index (κ1) is 20.5. The summed E-state index contributed by atoms with van der Waals surface area (Å²) in [4.78, 5) is 7.81. The molecule has 4 nitrogen and oxygen atoms in total. The zero-order valence-corrected chi connectivity index (χ0v) is 17.6. The smallest absolute Gasteiger partial charge is 0.204 e. The molecule has 0 spiro atoms. The number of hydrogen-bond donors (Lipinski definition) is 2. The summed E-state index contributed by atoms with van der Waals surface area (Å²) in [5.74, 6) is 0.904. The lowest BCUT2D eigenvalue weighted by atomic mass is 10.1. The number of benzene rings is 3. The molecule has 0 saturated heterocycles. The predicted molar refractivity (Wildman–Crippen MR) is 120 cm³/mol. The molecule has 0 radical (unpaired) electrons. The number of nitrogens with one attached hydrogen (secondary N) is 2. The second-order valence-electron chi connectivity index (χ2n) is 6.95. The number of hydrogen-bond acceptors (Lipinski definition) is 3. The number of anilines is 1. The Morgan fingerprint density at radius 3 is 2.57 bits per heavy atom. The van der Waals surface area contributed by atoms with E-state index in [4.69, 9.17) is 27.9 Å². The SMILES string of the molecule is Fc1ccc(OC(CCCc2ccc(Cl)c(Cl)c2)Nc2nc3ccccc3[nH]2)cc1. The van der Waals surface area contributed by atoms with Crippen LogP contribution in [0.3, 0.4) is 0 Å². The molecule has 0 aliphatic carbocycles. The van der Waals surface area contributed by atoms with E-state index < -0.39 is 0 Å². The van der Waals surface area contributed by atoms with Crippen LogP contribution in [0.5, 0.6) is 5.75 Å². The number of para-hydroxylation sites is 2. The number of halogens is 3. The van der Waals surface area contributed by atoms with Crippen LogP contribution >= 0.6 is 23.2 Å². The molecule has 0 amide bonds. The minimum Gasteiger partial charge on any atom is -0.471 e. The standard InChI is InChI=1S/C23H20Cl2FN3O/c24-18-13-8-15(14-19(18)25)4-3-7-22(30-17-11-9-16(26)10-12-17)29-23-27-20-5-1-2-6-21(20)28-23/h1-2,5-6,8-14,22H,3-4,7H2,(H2,27,28,29). The van der Waals surface area contributed by atoms with Crippen LogP contribution in [0.2, 0.25) is 10.0 Å². The average molecular weight is 444 g/mol. The summed E-state index contributed by atoms with van der Waals surface area (Å²) in [6.45, 7) is 0. The molecule has 4 rings (SSSR count). The molecule has 0 bridgehead atoms. The Balaban J connectivity index is 1.45. The number of aromatic nitrogens is 2. The Kier molecular flexibility index (Phi) is 6.41. The van der Waals surface area contributed by atoms with Crippen molar-refractivity contribution in [2.75, 3.05) is 5.32 Å². The monoisotopic (exact) mass is 443 g/mol.